The van der Waals surface area contributed by atoms with Crippen molar-refractivity contribution in [2.24, 2.45) is 5.41 Å². The minimum atomic E-state index is 0.561. The van der Waals surface area contributed by atoms with E-state index in [1.807, 2.05) is 13.8 Å². The van der Waals surface area contributed by atoms with Crippen molar-refractivity contribution in [3.63, 3.8) is 0 Å². The van der Waals surface area contributed by atoms with E-state index in [1.165, 1.54) is 32.4 Å². The number of hydrogen-bond donors (Lipinski definition) is 0. The van der Waals surface area contributed by atoms with E-state index in [0.717, 1.165) is 0 Å². The Kier molecular flexibility index (Phi) is 5.56. The molecule has 1 heterocycles. The van der Waals surface area contributed by atoms with Crippen LogP contribution in [0.4, 0.5) is 0 Å². The first-order chi connectivity index (χ1) is 5.60. The summed E-state index contributed by atoms with van der Waals surface area (Å²) in [5.41, 5.74) is 0.561. The predicted octanol–water partition coefficient (Wildman–Crippen LogP) is 3.15. The summed E-state index contributed by atoms with van der Waals surface area (Å²) in [5, 5.41) is 0. The van der Waals surface area contributed by atoms with Crippen molar-refractivity contribution in [1.29, 1.82) is 0 Å². The average molecular weight is 171 g/mol. The maximum absolute atomic E-state index is 2.45. The zero-order chi connectivity index (χ0) is 9.61. The van der Waals surface area contributed by atoms with E-state index in [0.29, 0.717) is 5.41 Å². The monoisotopic (exact) mass is 171 g/mol. The third-order valence-electron chi connectivity index (χ3n) is 2.34. The minimum Gasteiger partial charge on any atom is -0.306 e. The first kappa shape index (κ1) is 12.0. The Morgan fingerprint density at radius 1 is 1.08 bits per heavy atom. The molecule has 1 rings (SSSR count). The molecule has 0 aliphatic carbocycles. The predicted molar refractivity (Wildman–Crippen MR) is 56.5 cm³/mol. The van der Waals surface area contributed by atoms with Crippen LogP contribution in [0.3, 0.4) is 0 Å². The molecular weight excluding hydrogens is 146 g/mol. The summed E-state index contributed by atoms with van der Waals surface area (Å²) >= 11 is 0. The maximum Gasteiger partial charge on any atom is 0.00296 e. The van der Waals surface area contributed by atoms with Gasteiger partial charge in [-0.3, -0.25) is 0 Å². The van der Waals surface area contributed by atoms with Crippen molar-refractivity contribution in [1.82, 2.24) is 4.90 Å². The summed E-state index contributed by atoms with van der Waals surface area (Å²) in [6.07, 6.45) is 4.20. The molecule has 0 aromatic carbocycles. The Morgan fingerprint density at radius 3 is 2.25 bits per heavy atom. The van der Waals surface area contributed by atoms with Gasteiger partial charge in [0.25, 0.3) is 0 Å². The van der Waals surface area contributed by atoms with E-state index in [2.05, 4.69) is 25.8 Å². The molecule has 0 bridgehead atoms. The van der Waals surface area contributed by atoms with E-state index < -0.39 is 0 Å². The molecule has 1 heteroatoms. The van der Waals surface area contributed by atoms with Crippen LogP contribution in [0.1, 0.15) is 47.0 Å². The van der Waals surface area contributed by atoms with Gasteiger partial charge in [-0.1, -0.05) is 34.1 Å². The topological polar surface area (TPSA) is 3.24 Å². The van der Waals surface area contributed by atoms with Crippen molar-refractivity contribution >= 4 is 0 Å². The molecule has 1 aliphatic heterocycles. The van der Waals surface area contributed by atoms with E-state index in [9.17, 15) is 0 Å². The van der Waals surface area contributed by atoms with Crippen molar-refractivity contribution in [2.75, 3.05) is 20.1 Å². The van der Waals surface area contributed by atoms with Crippen LogP contribution in [0.15, 0.2) is 0 Å². The van der Waals surface area contributed by atoms with Gasteiger partial charge in [-0.05, 0) is 31.8 Å². The number of rotatable bonds is 0. The zero-order valence-corrected chi connectivity index (χ0v) is 9.48. The van der Waals surface area contributed by atoms with Crippen molar-refractivity contribution in [3.05, 3.63) is 0 Å². The molecule has 0 spiro atoms. The summed E-state index contributed by atoms with van der Waals surface area (Å²) < 4.78 is 0. The van der Waals surface area contributed by atoms with Gasteiger partial charge in [0.15, 0.2) is 0 Å². The molecular formula is C11H25N. The molecule has 0 atom stereocenters. The van der Waals surface area contributed by atoms with Gasteiger partial charge in [0, 0.05) is 6.54 Å². The molecule has 1 aliphatic rings. The number of nitrogens with zero attached hydrogens (tertiary/aromatic N) is 1. The lowest BCUT2D eigenvalue weighted by Crippen LogP contribution is -2.29. The van der Waals surface area contributed by atoms with E-state index >= 15 is 0 Å². The Hall–Kier alpha value is -0.0400. The summed E-state index contributed by atoms with van der Waals surface area (Å²) in [6.45, 7) is 11.3. The van der Waals surface area contributed by atoms with Crippen LogP contribution in [0.2, 0.25) is 0 Å². The fraction of sp³-hybridized carbons (Fsp3) is 1.00. The van der Waals surface area contributed by atoms with Crippen LogP contribution < -0.4 is 0 Å². The van der Waals surface area contributed by atoms with Gasteiger partial charge >= 0.3 is 0 Å². The van der Waals surface area contributed by atoms with Crippen LogP contribution >= 0.6 is 0 Å². The Labute approximate surface area is 78.1 Å². The maximum atomic E-state index is 2.45. The second-order valence-electron chi connectivity index (χ2n) is 4.36. The summed E-state index contributed by atoms with van der Waals surface area (Å²) in [4.78, 5) is 2.45. The number of likely N-dealkylation sites (tertiary alicyclic amines) is 1. The van der Waals surface area contributed by atoms with Crippen molar-refractivity contribution in [3.8, 4) is 0 Å². The molecule has 1 saturated heterocycles. The molecule has 0 saturated carbocycles. The van der Waals surface area contributed by atoms with E-state index in [-0.39, 0.29) is 0 Å². The minimum absolute atomic E-state index is 0.561. The van der Waals surface area contributed by atoms with Gasteiger partial charge in [-0.15, -0.1) is 0 Å². The van der Waals surface area contributed by atoms with Gasteiger partial charge in [0.2, 0.25) is 0 Å². The molecule has 0 amide bonds. The lowest BCUT2D eigenvalue weighted by molar-refractivity contribution is 0.228. The van der Waals surface area contributed by atoms with Gasteiger partial charge < -0.3 is 4.90 Å². The van der Waals surface area contributed by atoms with Crippen LogP contribution in [0, 0.1) is 5.41 Å². The summed E-state index contributed by atoms with van der Waals surface area (Å²) in [6, 6.07) is 0. The molecule has 1 nitrogen and oxygen atoms in total. The molecule has 0 aromatic rings. The molecule has 0 unspecified atom stereocenters. The fourth-order valence-electron chi connectivity index (χ4n) is 1.87. The molecule has 0 aromatic heterocycles. The van der Waals surface area contributed by atoms with Crippen LogP contribution in [-0.2, 0) is 0 Å². The van der Waals surface area contributed by atoms with Gasteiger partial charge in [0.1, 0.15) is 0 Å². The normalized spacial score (nSPS) is 23.8. The van der Waals surface area contributed by atoms with Crippen molar-refractivity contribution in [2.45, 2.75) is 47.0 Å². The number of hydrogen-bond acceptors (Lipinski definition) is 1. The average Bonchev–Trinajstić information content (AvgIpc) is 2.14. The van der Waals surface area contributed by atoms with Crippen LogP contribution in [0.5, 0.6) is 0 Å². The third-order valence-corrected chi connectivity index (χ3v) is 2.34. The highest BCUT2D eigenvalue weighted by Gasteiger charge is 2.21. The summed E-state index contributed by atoms with van der Waals surface area (Å²) in [5.74, 6) is 0. The summed E-state index contributed by atoms with van der Waals surface area (Å²) in [7, 11) is 2.23. The lowest BCUT2D eigenvalue weighted by Gasteiger charge is -2.26. The second-order valence-corrected chi connectivity index (χ2v) is 4.36. The van der Waals surface area contributed by atoms with Crippen molar-refractivity contribution < 1.29 is 0 Å². The standard InChI is InChI=1S/C9H19N.C2H6/c1-9(2)6-4-5-7-10(3)8-9;1-2/h4-8H2,1-3H3;1-2H3. The zero-order valence-electron chi connectivity index (χ0n) is 9.48. The molecule has 1 fully saturated rings. The molecule has 12 heavy (non-hydrogen) atoms. The highest BCUT2D eigenvalue weighted by Crippen LogP contribution is 2.26. The van der Waals surface area contributed by atoms with Gasteiger partial charge in [-0.25, -0.2) is 0 Å². The highest BCUT2D eigenvalue weighted by molar-refractivity contribution is 4.75. The SMILES string of the molecule is CC.CN1CCCCC(C)(C)C1. The fourth-order valence-corrected chi connectivity index (χ4v) is 1.87. The lowest BCUT2D eigenvalue weighted by atomic mass is 9.88. The molecule has 74 valence electrons. The molecule has 0 N–H and O–H groups in total. The largest absolute Gasteiger partial charge is 0.306 e. The Balaban J connectivity index is 0.000000561. The Bertz CT molecular complexity index is 108. The molecule has 0 radical (unpaired) electrons. The van der Waals surface area contributed by atoms with Gasteiger partial charge in [0.05, 0.1) is 0 Å². The van der Waals surface area contributed by atoms with Crippen LogP contribution in [-0.4, -0.2) is 25.0 Å². The highest BCUT2D eigenvalue weighted by atomic mass is 15.1. The van der Waals surface area contributed by atoms with E-state index in [1.54, 1.807) is 0 Å². The van der Waals surface area contributed by atoms with E-state index in [4.69, 9.17) is 0 Å². The first-order valence-electron chi connectivity index (χ1n) is 5.29. The second kappa shape index (κ2) is 5.58. The first-order valence-corrected chi connectivity index (χ1v) is 5.29. The van der Waals surface area contributed by atoms with Crippen LogP contribution in [0.25, 0.3) is 0 Å². The third kappa shape index (κ3) is 4.76. The Morgan fingerprint density at radius 2 is 1.67 bits per heavy atom. The smallest absolute Gasteiger partial charge is 0.00296 e. The van der Waals surface area contributed by atoms with Gasteiger partial charge in [-0.2, -0.15) is 0 Å². The quantitative estimate of drug-likeness (QED) is 0.541.